The molecule has 37 heavy (non-hydrogen) atoms. The Bertz CT molecular complexity index is 1680. The van der Waals surface area contributed by atoms with Crippen LogP contribution in [-0.2, 0) is 19.3 Å². The van der Waals surface area contributed by atoms with Crippen LogP contribution in [0.25, 0.3) is 16.9 Å². The summed E-state index contributed by atoms with van der Waals surface area (Å²) in [6.07, 6.45) is 5.55. The molecule has 0 spiro atoms. The van der Waals surface area contributed by atoms with Crippen LogP contribution >= 0.6 is 0 Å². The zero-order valence-corrected chi connectivity index (χ0v) is 21.6. The van der Waals surface area contributed by atoms with E-state index in [2.05, 4.69) is 76.8 Å². The van der Waals surface area contributed by atoms with Gasteiger partial charge in [-0.15, -0.1) is 0 Å². The summed E-state index contributed by atoms with van der Waals surface area (Å²) in [5.41, 5.74) is 10.0. The maximum absolute atomic E-state index is 11.8. The molecule has 0 bridgehead atoms. The summed E-state index contributed by atoms with van der Waals surface area (Å²) in [4.78, 5) is 26.5. The Morgan fingerprint density at radius 1 is 1.05 bits per heavy atom. The van der Waals surface area contributed by atoms with E-state index >= 15 is 0 Å². The Hall–Kier alpha value is -4.20. The van der Waals surface area contributed by atoms with Gasteiger partial charge in [-0.1, -0.05) is 30.3 Å². The van der Waals surface area contributed by atoms with Crippen molar-refractivity contribution in [1.29, 1.82) is 0 Å². The number of aromatic nitrogens is 5. The molecule has 2 aromatic carbocycles. The summed E-state index contributed by atoms with van der Waals surface area (Å²) in [5, 5.41) is 4.02. The van der Waals surface area contributed by atoms with Gasteiger partial charge in [0.1, 0.15) is 11.3 Å². The maximum Gasteiger partial charge on any atom is 0.438 e. The van der Waals surface area contributed by atoms with Gasteiger partial charge in [-0.3, -0.25) is 14.1 Å². The van der Waals surface area contributed by atoms with Crippen molar-refractivity contribution in [1.82, 2.24) is 24.7 Å². The average Bonchev–Trinajstić information content (AvgIpc) is 3.44. The predicted octanol–water partition coefficient (Wildman–Crippen LogP) is 5.66. The van der Waals surface area contributed by atoms with Crippen molar-refractivity contribution in [3.8, 4) is 5.69 Å². The molecule has 0 amide bonds. The Morgan fingerprint density at radius 3 is 2.65 bits per heavy atom. The fraction of sp³-hybridized carbons (Fsp3) is 0.310. The minimum atomic E-state index is -0.546. The van der Waals surface area contributed by atoms with E-state index in [1.807, 2.05) is 19.2 Å². The number of nitrogens with zero attached hydrogens (tertiary/aromatic N) is 5. The summed E-state index contributed by atoms with van der Waals surface area (Å²) < 4.78 is 7.10. The van der Waals surface area contributed by atoms with Crippen molar-refractivity contribution in [2.45, 2.75) is 59.4 Å². The number of nitrogens with one attached hydrogen (secondary N) is 1. The van der Waals surface area contributed by atoms with Crippen molar-refractivity contribution >= 4 is 22.5 Å². The number of rotatable bonds is 5. The minimum absolute atomic E-state index is 0.233. The molecule has 0 saturated carbocycles. The van der Waals surface area contributed by atoms with Crippen molar-refractivity contribution in [2.24, 2.45) is 0 Å². The van der Waals surface area contributed by atoms with Crippen molar-refractivity contribution < 1.29 is 4.52 Å². The molecule has 0 fully saturated rings. The zero-order valence-electron chi connectivity index (χ0n) is 21.6. The second kappa shape index (κ2) is 9.03. The number of aryl methyl sites for hydroxylation is 3. The van der Waals surface area contributed by atoms with Gasteiger partial charge in [-0.05, 0) is 86.6 Å². The highest BCUT2D eigenvalue weighted by molar-refractivity contribution is 5.80. The number of imidazole rings is 1. The highest BCUT2D eigenvalue weighted by Crippen LogP contribution is 2.43. The molecular formula is C29H30N6O2. The molecule has 1 aliphatic rings. The lowest BCUT2D eigenvalue weighted by atomic mass is 9.98. The molecule has 4 heterocycles. The quantitative estimate of drug-likeness (QED) is 0.339. The molecule has 5 aromatic rings. The third-order valence-corrected chi connectivity index (χ3v) is 7.47. The molecule has 0 radical (unpaired) electrons. The summed E-state index contributed by atoms with van der Waals surface area (Å²) >= 11 is 0. The van der Waals surface area contributed by atoms with Gasteiger partial charge in [-0.2, -0.15) is 0 Å². The average molecular weight is 495 g/mol. The smallest absolute Gasteiger partial charge is 0.330 e. The van der Waals surface area contributed by atoms with Crippen molar-refractivity contribution in [3.63, 3.8) is 0 Å². The highest BCUT2D eigenvalue weighted by atomic mass is 16.5. The largest absolute Gasteiger partial charge is 0.438 e. The first-order valence-electron chi connectivity index (χ1n) is 12.9. The molecule has 0 saturated heterocycles. The molecule has 1 aliphatic heterocycles. The van der Waals surface area contributed by atoms with Crippen LogP contribution in [0.5, 0.6) is 0 Å². The van der Waals surface area contributed by atoms with Crippen LogP contribution in [0.1, 0.15) is 60.2 Å². The van der Waals surface area contributed by atoms with E-state index in [1.165, 1.54) is 16.7 Å². The molecular weight excluding hydrogens is 464 g/mol. The summed E-state index contributed by atoms with van der Waals surface area (Å²) in [7, 11) is 0. The van der Waals surface area contributed by atoms with E-state index in [0.29, 0.717) is 5.82 Å². The first kappa shape index (κ1) is 23.2. The van der Waals surface area contributed by atoms with Gasteiger partial charge < -0.3 is 4.90 Å². The van der Waals surface area contributed by atoms with Crippen LogP contribution in [0.3, 0.4) is 0 Å². The zero-order chi connectivity index (χ0) is 25.7. The summed E-state index contributed by atoms with van der Waals surface area (Å²) in [5.74, 6) is 0.986. The van der Waals surface area contributed by atoms with Gasteiger partial charge in [0.2, 0.25) is 0 Å². The lowest BCUT2D eigenvalue weighted by Gasteiger charge is -2.32. The predicted molar refractivity (Wildman–Crippen MR) is 144 cm³/mol. The number of benzene rings is 2. The number of hydrogen-bond donors (Lipinski definition) is 1. The van der Waals surface area contributed by atoms with Gasteiger partial charge in [0.05, 0.1) is 11.7 Å². The number of pyridine rings is 1. The van der Waals surface area contributed by atoms with E-state index in [0.717, 1.165) is 65.3 Å². The Balaban J connectivity index is 1.57. The third kappa shape index (κ3) is 3.75. The monoisotopic (exact) mass is 494 g/mol. The SMILES string of the molecule is CCCc1nc2c(C)ccnc2n1-c1ccc2c(c1C)CCc1ccccc1N2C(C)c1noc(=O)[nH]1. The Kier molecular flexibility index (Phi) is 5.67. The summed E-state index contributed by atoms with van der Waals surface area (Å²) in [6, 6.07) is 14.6. The van der Waals surface area contributed by atoms with E-state index in [1.54, 1.807) is 0 Å². The number of hydrogen-bond acceptors (Lipinski definition) is 6. The van der Waals surface area contributed by atoms with E-state index < -0.39 is 5.76 Å². The third-order valence-electron chi connectivity index (χ3n) is 7.47. The van der Waals surface area contributed by atoms with Crippen LogP contribution in [0.15, 0.2) is 58.0 Å². The number of H-pyrrole nitrogens is 1. The van der Waals surface area contributed by atoms with E-state index in [9.17, 15) is 4.79 Å². The number of anilines is 2. The summed E-state index contributed by atoms with van der Waals surface area (Å²) in [6.45, 7) is 8.50. The molecule has 1 unspecified atom stereocenters. The number of aromatic amines is 1. The van der Waals surface area contributed by atoms with Crippen LogP contribution in [-0.4, -0.2) is 24.7 Å². The van der Waals surface area contributed by atoms with E-state index in [4.69, 9.17) is 14.5 Å². The number of fused-ring (bicyclic) bond motifs is 3. The fourth-order valence-electron chi connectivity index (χ4n) is 5.61. The van der Waals surface area contributed by atoms with Crippen LogP contribution in [0.4, 0.5) is 11.4 Å². The lowest BCUT2D eigenvalue weighted by molar-refractivity contribution is 0.378. The molecule has 6 rings (SSSR count). The molecule has 8 nitrogen and oxygen atoms in total. The lowest BCUT2D eigenvalue weighted by Crippen LogP contribution is -2.24. The van der Waals surface area contributed by atoms with Crippen LogP contribution in [0.2, 0.25) is 0 Å². The van der Waals surface area contributed by atoms with Crippen molar-refractivity contribution in [2.75, 3.05) is 4.90 Å². The Morgan fingerprint density at radius 2 is 1.86 bits per heavy atom. The number of para-hydroxylation sites is 1. The molecule has 188 valence electrons. The Labute approximate surface area is 215 Å². The van der Waals surface area contributed by atoms with Gasteiger partial charge in [-0.25, -0.2) is 14.8 Å². The van der Waals surface area contributed by atoms with Gasteiger partial charge in [0.15, 0.2) is 11.5 Å². The van der Waals surface area contributed by atoms with E-state index in [-0.39, 0.29) is 6.04 Å². The normalized spacial score (nSPS) is 13.9. The first-order valence-corrected chi connectivity index (χ1v) is 12.9. The second-order valence-electron chi connectivity index (χ2n) is 9.78. The van der Waals surface area contributed by atoms with Crippen LogP contribution < -0.4 is 10.7 Å². The topological polar surface area (TPSA) is 92.8 Å². The van der Waals surface area contributed by atoms with Gasteiger partial charge >= 0.3 is 5.76 Å². The molecule has 0 aliphatic carbocycles. The minimum Gasteiger partial charge on any atom is -0.330 e. The molecule has 3 aromatic heterocycles. The fourth-order valence-corrected chi connectivity index (χ4v) is 5.61. The standard InChI is InChI=1S/C29H30N6O2/c1-5-8-25-31-26-17(2)15-16-30-28(26)35(25)22-13-14-24-21(18(22)3)12-11-20-9-6-7-10-23(20)34(24)19(4)27-32-29(36)37-33-27/h6-7,9-10,13-16,19H,5,8,11-12H2,1-4H3,(H,32,33,36). The molecule has 1 N–H and O–H groups in total. The highest BCUT2D eigenvalue weighted by Gasteiger charge is 2.30. The van der Waals surface area contributed by atoms with Gasteiger partial charge in [0, 0.05) is 24.0 Å². The first-order chi connectivity index (χ1) is 18.0. The second-order valence-corrected chi connectivity index (χ2v) is 9.78. The molecule has 1 atom stereocenters. The van der Waals surface area contributed by atoms with Crippen LogP contribution in [0, 0.1) is 13.8 Å². The van der Waals surface area contributed by atoms with Crippen molar-refractivity contribution in [3.05, 3.63) is 93.1 Å². The molecule has 8 heteroatoms. The van der Waals surface area contributed by atoms with Gasteiger partial charge in [0.25, 0.3) is 0 Å². The maximum atomic E-state index is 11.8.